The Kier molecular flexibility index (Phi) is 7.77. The van der Waals surface area contributed by atoms with Gasteiger partial charge in [0.25, 0.3) is 0 Å². The van der Waals surface area contributed by atoms with E-state index in [0.29, 0.717) is 13.2 Å². The lowest BCUT2D eigenvalue weighted by atomic mass is 10.2. The van der Waals surface area contributed by atoms with Crippen molar-refractivity contribution in [2.24, 2.45) is 4.99 Å². The van der Waals surface area contributed by atoms with Crippen LogP contribution in [0.3, 0.4) is 0 Å². The first kappa shape index (κ1) is 17.9. The number of aryl methyl sites for hydroxylation is 1. The highest BCUT2D eigenvalue weighted by atomic mass is 16.5. The van der Waals surface area contributed by atoms with Crippen molar-refractivity contribution in [3.63, 3.8) is 0 Å². The van der Waals surface area contributed by atoms with E-state index >= 15 is 0 Å². The molecule has 2 N–H and O–H groups in total. The van der Waals surface area contributed by atoms with E-state index in [1.54, 1.807) is 7.05 Å². The molecule has 1 aromatic heterocycles. The van der Waals surface area contributed by atoms with E-state index < -0.39 is 0 Å². The van der Waals surface area contributed by atoms with Gasteiger partial charge in [-0.1, -0.05) is 36.4 Å². The quantitative estimate of drug-likeness (QED) is 0.444. The first-order chi connectivity index (χ1) is 11.8. The minimum absolute atomic E-state index is 0.634. The fourth-order valence-electron chi connectivity index (χ4n) is 2.20. The lowest BCUT2D eigenvalue weighted by Gasteiger charge is -2.12. The number of nitrogens with one attached hydrogen (secondary N) is 2. The number of hydrogen-bond acceptors (Lipinski definition) is 3. The van der Waals surface area contributed by atoms with Crippen LogP contribution in [0.25, 0.3) is 0 Å². The Labute approximate surface area is 144 Å². The van der Waals surface area contributed by atoms with E-state index in [-0.39, 0.29) is 0 Å². The Morgan fingerprint density at radius 3 is 2.54 bits per heavy atom. The Morgan fingerprint density at radius 1 is 1.04 bits per heavy atom. The second-order valence-electron chi connectivity index (χ2n) is 5.52. The molecule has 0 amide bonds. The summed E-state index contributed by atoms with van der Waals surface area (Å²) in [5.41, 5.74) is 3.45. The number of rotatable bonds is 8. The summed E-state index contributed by atoms with van der Waals surface area (Å²) >= 11 is 0. The first-order valence-electron chi connectivity index (χ1n) is 8.25. The predicted octanol–water partition coefficient (Wildman–Crippen LogP) is 2.31. The summed E-state index contributed by atoms with van der Waals surface area (Å²) in [7, 11) is 1.77. The van der Waals surface area contributed by atoms with Crippen LogP contribution in [0.2, 0.25) is 0 Å². The third kappa shape index (κ3) is 6.79. The van der Waals surface area contributed by atoms with Gasteiger partial charge < -0.3 is 15.4 Å². The topological polar surface area (TPSA) is 58.5 Å². The Morgan fingerprint density at radius 2 is 1.83 bits per heavy atom. The molecule has 5 heteroatoms. The van der Waals surface area contributed by atoms with E-state index in [9.17, 15) is 0 Å². The lowest BCUT2D eigenvalue weighted by molar-refractivity contribution is 0.125. The van der Waals surface area contributed by atoms with Crippen LogP contribution in [0.1, 0.15) is 16.8 Å². The smallest absolute Gasteiger partial charge is 0.191 e. The molecule has 0 radical (unpaired) electrons. The van der Waals surface area contributed by atoms with Crippen LogP contribution in [-0.2, 0) is 17.8 Å². The van der Waals surface area contributed by atoms with Gasteiger partial charge in [0, 0.05) is 32.0 Å². The molecular formula is C19H26N4O. The number of hydrogen-bond donors (Lipinski definition) is 2. The summed E-state index contributed by atoms with van der Waals surface area (Å²) in [4.78, 5) is 8.51. The molecule has 0 aliphatic rings. The van der Waals surface area contributed by atoms with Gasteiger partial charge in [0.05, 0.1) is 13.2 Å². The normalized spacial score (nSPS) is 11.3. The zero-order valence-electron chi connectivity index (χ0n) is 14.5. The Bertz CT molecular complexity index is 611. The highest BCUT2D eigenvalue weighted by Crippen LogP contribution is 2.00. The minimum atomic E-state index is 0.634. The molecule has 128 valence electrons. The van der Waals surface area contributed by atoms with E-state index in [2.05, 4.69) is 38.8 Å². The summed E-state index contributed by atoms with van der Waals surface area (Å²) in [6, 6.07) is 14.3. The molecule has 0 saturated heterocycles. The molecule has 2 rings (SSSR count). The molecule has 5 nitrogen and oxygen atoms in total. The molecule has 0 aliphatic carbocycles. The number of ether oxygens (including phenoxy) is 1. The van der Waals surface area contributed by atoms with Crippen molar-refractivity contribution >= 4 is 5.96 Å². The van der Waals surface area contributed by atoms with Crippen LogP contribution in [0, 0.1) is 6.92 Å². The number of pyridine rings is 1. The zero-order valence-corrected chi connectivity index (χ0v) is 14.5. The second kappa shape index (κ2) is 10.4. The summed E-state index contributed by atoms with van der Waals surface area (Å²) in [5, 5.41) is 6.55. The predicted molar refractivity (Wildman–Crippen MR) is 98.1 cm³/mol. The Balaban J connectivity index is 1.57. The minimum Gasteiger partial charge on any atom is -0.375 e. The molecule has 0 aliphatic heterocycles. The van der Waals surface area contributed by atoms with E-state index in [1.165, 1.54) is 11.1 Å². The molecule has 0 spiro atoms. The molecule has 0 unspecified atom stereocenters. The molecular weight excluding hydrogens is 300 g/mol. The van der Waals surface area contributed by atoms with Crippen molar-refractivity contribution in [1.82, 2.24) is 15.6 Å². The summed E-state index contributed by atoms with van der Waals surface area (Å²) < 4.78 is 5.65. The number of benzene rings is 1. The maximum Gasteiger partial charge on any atom is 0.191 e. The standard InChI is InChI=1S/C19H26N4O/c1-16-8-9-17(14-23-16)10-11-21-19(20-2)22-12-13-24-15-18-6-4-3-5-7-18/h3-9,14H,10-13,15H2,1-2H3,(H2,20,21,22). The maximum atomic E-state index is 5.65. The van der Waals surface area contributed by atoms with Crippen LogP contribution in [0.5, 0.6) is 0 Å². The monoisotopic (exact) mass is 326 g/mol. The third-order valence-electron chi connectivity index (χ3n) is 3.55. The Hall–Kier alpha value is -2.40. The van der Waals surface area contributed by atoms with Gasteiger partial charge in [-0.2, -0.15) is 0 Å². The highest BCUT2D eigenvalue weighted by Gasteiger charge is 1.98. The molecule has 1 heterocycles. The molecule has 0 saturated carbocycles. The number of aromatic nitrogens is 1. The molecule has 1 aromatic carbocycles. The van der Waals surface area contributed by atoms with E-state index in [1.807, 2.05) is 37.4 Å². The van der Waals surface area contributed by atoms with Crippen molar-refractivity contribution in [1.29, 1.82) is 0 Å². The van der Waals surface area contributed by atoms with E-state index in [4.69, 9.17) is 4.74 Å². The molecule has 0 atom stereocenters. The summed E-state index contributed by atoms with van der Waals surface area (Å²) in [6.07, 6.45) is 2.84. The average molecular weight is 326 g/mol. The van der Waals surface area contributed by atoms with Crippen molar-refractivity contribution in [3.8, 4) is 0 Å². The van der Waals surface area contributed by atoms with Crippen molar-refractivity contribution < 1.29 is 4.74 Å². The molecule has 2 aromatic rings. The molecule has 0 bridgehead atoms. The second-order valence-corrected chi connectivity index (χ2v) is 5.52. The van der Waals surface area contributed by atoms with Crippen molar-refractivity contribution in [2.75, 3.05) is 26.7 Å². The summed E-state index contributed by atoms with van der Waals surface area (Å²) in [5.74, 6) is 0.790. The average Bonchev–Trinajstić information content (AvgIpc) is 2.62. The maximum absolute atomic E-state index is 5.65. The van der Waals surface area contributed by atoms with Crippen LogP contribution in [0.4, 0.5) is 0 Å². The van der Waals surface area contributed by atoms with E-state index in [0.717, 1.165) is 31.2 Å². The van der Waals surface area contributed by atoms with Gasteiger partial charge in [-0.3, -0.25) is 9.98 Å². The zero-order chi connectivity index (χ0) is 17.0. The largest absolute Gasteiger partial charge is 0.375 e. The van der Waals surface area contributed by atoms with Crippen molar-refractivity contribution in [2.45, 2.75) is 20.0 Å². The highest BCUT2D eigenvalue weighted by molar-refractivity contribution is 5.79. The summed E-state index contributed by atoms with van der Waals surface area (Å²) in [6.45, 7) is 4.80. The third-order valence-corrected chi connectivity index (χ3v) is 3.55. The SMILES string of the molecule is CN=C(NCCOCc1ccccc1)NCCc1ccc(C)nc1. The van der Waals surface area contributed by atoms with Gasteiger partial charge in [0.15, 0.2) is 5.96 Å². The number of guanidine groups is 1. The van der Waals surface area contributed by atoms with Gasteiger partial charge >= 0.3 is 0 Å². The molecule has 0 fully saturated rings. The molecule has 24 heavy (non-hydrogen) atoms. The van der Waals surface area contributed by atoms with Gasteiger partial charge in [0.1, 0.15) is 0 Å². The first-order valence-corrected chi connectivity index (χ1v) is 8.25. The van der Waals surface area contributed by atoms with Gasteiger partial charge in [-0.05, 0) is 30.5 Å². The van der Waals surface area contributed by atoms with Gasteiger partial charge in [0.2, 0.25) is 0 Å². The van der Waals surface area contributed by atoms with Gasteiger partial charge in [-0.25, -0.2) is 0 Å². The lowest BCUT2D eigenvalue weighted by Crippen LogP contribution is -2.39. The van der Waals surface area contributed by atoms with Crippen LogP contribution >= 0.6 is 0 Å². The van der Waals surface area contributed by atoms with Crippen LogP contribution in [-0.4, -0.2) is 37.7 Å². The van der Waals surface area contributed by atoms with Crippen LogP contribution < -0.4 is 10.6 Å². The number of nitrogens with zero attached hydrogens (tertiary/aromatic N) is 2. The number of aliphatic imine (C=N–C) groups is 1. The van der Waals surface area contributed by atoms with Gasteiger partial charge in [-0.15, -0.1) is 0 Å². The van der Waals surface area contributed by atoms with Crippen LogP contribution in [0.15, 0.2) is 53.7 Å². The fraction of sp³-hybridized carbons (Fsp3) is 0.368. The van der Waals surface area contributed by atoms with Crippen molar-refractivity contribution in [3.05, 3.63) is 65.5 Å². The fourth-order valence-corrected chi connectivity index (χ4v) is 2.20.